The van der Waals surface area contributed by atoms with E-state index in [0.29, 0.717) is 19.0 Å². The van der Waals surface area contributed by atoms with Gasteiger partial charge >= 0.3 is 0 Å². The molecule has 84 valence electrons. The molecule has 1 atom stereocenters. The van der Waals surface area contributed by atoms with E-state index in [1.165, 1.54) is 0 Å². The molecule has 0 radical (unpaired) electrons. The fraction of sp³-hybridized carbons (Fsp3) is 0.600. The van der Waals surface area contributed by atoms with E-state index in [1.807, 2.05) is 12.3 Å². The van der Waals surface area contributed by atoms with Crippen molar-refractivity contribution in [3.05, 3.63) is 12.3 Å². The maximum atomic E-state index is 10.6. The Morgan fingerprint density at radius 2 is 2.47 bits per heavy atom. The van der Waals surface area contributed by atoms with Crippen molar-refractivity contribution in [1.29, 1.82) is 0 Å². The molecule has 0 aliphatic heterocycles. The SMILES string of the molecule is CCC(C)Nc1ccn(CCC(N)=O)n1. The molecule has 1 unspecified atom stereocenters. The van der Waals surface area contributed by atoms with E-state index >= 15 is 0 Å². The van der Waals surface area contributed by atoms with Gasteiger partial charge in [0.2, 0.25) is 5.91 Å². The number of carbonyl (C=O) groups is 1. The molecular weight excluding hydrogens is 192 g/mol. The highest BCUT2D eigenvalue weighted by Gasteiger charge is 2.02. The summed E-state index contributed by atoms with van der Waals surface area (Å²) < 4.78 is 1.72. The first kappa shape index (κ1) is 11.6. The standard InChI is InChI=1S/C10H18N4O/c1-3-8(2)12-10-5-7-14(13-10)6-4-9(11)15/h5,7-8H,3-4,6H2,1-2H3,(H2,11,15)(H,12,13). The number of carbonyl (C=O) groups excluding carboxylic acids is 1. The summed E-state index contributed by atoms with van der Waals surface area (Å²) >= 11 is 0. The van der Waals surface area contributed by atoms with Gasteiger partial charge in [-0.15, -0.1) is 0 Å². The number of nitrogens with two attached hydrogens (primary N) is 1. The lowest BCUT2D eigenvalue weighted by molar-refractivity contribution is -0.118. The van der Waals surface area contributed by atoms with E-state index in [1.54, 1.807) is 4.68 Å². The molecule has 0 aliphatic carbocycles. The van der Waals surface area contributed by atoms with Gasteiger partial charge in [-0.1, -0.05) is 6.92 Å². The van der Waals surface area contributed by atoms with Crippen molar-refractivity contribution in [2.45, 2.75) is 39.3 Å². The average molecular weight is 210 g/mol. The lowest BCUT2D eigenvalue weighted by Gasteiger charge is -2.09. The molecule has 15 heavy (non-hydrogen) atoms. The normalized spacial score (nSPS) is 12.4. The van der Waals surface area contributed by atoms with Gasteiger partial charge in [0, 0.05) is 31.3 Å². The van der Waals surface area contributed by atoms with Crippen molar-refractivity contribution in [3.63, 3.8) is 0 Å². The van der Waals surface area contributed by atoms with Crippen LogP contribution in [0.25, 0.3) is 0 Å². The van der Waals surface area contributed by atoms with Gasteiger partial charge in [-0.05, 0) is 13.3 Å². The third kappa shape index (κ3) is 4.01. The number of aryl methyl sites for hydroxylation is 1. The van der Waals surface area contributed by atoms with Crippen LogP contribution in [-0.2, 0) is 11.3 Å². The smallest absolute Gasteiger partial charge is 0.219 e. The fourth-order valence-electron chi connectivity index (χ4n) is 1.14. The van der Waals surface area contributed by atoms with Crippen molar-refractivity contribution in [2.24, 2.45) is 5.73 Å². The molecule has 1 rings (SSSR count). The number of primary amides is 1. The molecule has 5 heteroatoms. The highest BCUT2D eigenvalue weighted by molar-refractivity contribution is 5.73. The van der Waals surface area contributed by atoms with Gasteiger partial charge < -0.3 is 11.1 Å². The fourth-order valence-corrected chi connectivity index (χ4v) is 1.14. The van der Waals surface area contributed by atoms with Crippen molar-refractivity contribution in [1.82, 2.24) is 9.78 Å². The lowest BCUT2D eigenvalue weighted by atomic mass is 10.3. The summed E-state index contributed by atoms with van der Waals surface area (Å²) in [5.74, 6) is 0.538. The van der Waals surface area contributed by atoms with Crippen LogP contribution in [0.15, 0.2) is 12.3 Å². The van der Waals surface area contributed by atoms with Crippen LogP contribution in [0.4, 0.5) is 5.82 Å². The van der Waals surface area contributed by atoms with E-state index < -0.39 is 0 Å². The Morgan fingerprint density at radius 3 is 3.07 bits per heavy atom. The van der Waals surface area contributed by atoms with Crippen LogP contribution >= 0.6 is 0 Å². The topological polar surface area (TPSA) is 72.9 Å². The van der Waals surface area contributed by atoms with E-state index in [9.17, 15) is 4.79 Å². The van der Waals surface area contributed by atoms with Crippen LogP contribution in [0.2, 0.25) is 0 Å². The summed E-state index contributed by atoms with van der Waals surface area (Å²) in [7, 11) is 0. The molecule has 0 aliphatic rings. The van der Waals surface area contributed by atoms with Crippen LogP contribution in [-0.4, -0.2) is 21.7 Å². The molecule has 1 aromatic rings. The molecule has 1 aromatic heterocycles. The summed E-state index contributed by atoms with van der Waals surface area (Å²) in [6, 6.07) is 2.30. The van der Waals surface area contributed by atoms with Gasteiger partial charge in [0.25, 0.3) is 0 Å². The number of aromatic nitrogens is 2. The second kappa shape index (κ2) is 5.38. The average Bonchev–Trinajstić information content (AvgIpc) is 2.62. The summed E-state index contributed by atoms with van der Waals surface area (Å²) in [6.45, 7) is 4.75. The highest BCUT2D eigenvalue weighted by atomic mass is 16.1. The molecule has 0 fully saturated rings. The highest BCUT2D eigenvalue weighted by Crippen LogP contribution is 2.06. The van der Waals surface area contributed by atoms with Crippen LogP contribution < -0.4 is 11.1 Å². The van der Waals surface area contributed by atoms with Crippen molar-refractivity contribution < 1.29 is 4.79 Å². The molecule has 5 nitrogen and oxygen atoms in total. The molecule has 1 amide bonds. The van der Waals surface area contributed by atoms with E-state index in [-0.39, 0.29) is 5.91 Å². The summed E-state index contributed by atoms with van der Waals surface area (Å²) in [6.07, 6.45) is 3.21. The van der Waals surface area contributed by atoms with Gasteiger partial charge in [0.15, 0.2) is 0 Å². The monoisotopic (exact) mass is 210 g/mol. The first-order valence-electron chi connectivity index (χ1n) is 5.20. The number of hydrogen-bond acceptors (Lipinski definition) is 3. The van der Waals surface area contributed by atoms with Gasteiger partial charge in [-0.25, -0.2) is 0 Å². The maximum Gasteiger partial charge on any atom is 0.219 e. The Balaban J connectivity index is 2.45. The Labute approximate surface area is 89.6 Å². The summed E-state index contributed by atoms with van der Waals surface area (Å²) in [5, 5.41) is 7.52. The van der Waals surface area contributed by atoms with Gasteiger partial charge in [0.05, 0.1) is 0 Å². The minimum absolute atomic E-state index is 0.304. The maximum absolute atomic E-state index is 10.6. The molecular formula is C10H18N4O. The molecule has 0 saturated heterocycles. The molecule has 1 heterocycles. The zero-order chi connectivity index (χ0) is 11.3. The quantitative estimate of drug-likeness (QED) is 0.734. The Kier molecular flexibility index (Phi) is 4.15. The number of amides is 1. The van der Waals surface area contributed by atoms with Crippen LogP contribution in [0.5, 0.6) is 0 Å². The summed E-state index contributed by atoms with van der Waals surface area (Å²) in [5.41, 5.74) is 5.05. The Bertz CT molecular complexity index is 321. The summed E-state index contributed by atoms with van der Waals surface area (Å²) in [4.78, 5) is 10.6. The predicted octanol–water partition coefficient (Wildman–Crippen LogP) is 0.969. The Hall–Kier alpha value is -1.52. The third-order valence-corrected chi connectivity index (χ3v) is 2.23. The van der Waals surface area contributed by atoms with Crippen molar-refractivity contribution in [3.8, 4) is 0 Å². The van der Waals surface area contributed by atoms with E-state index in [2.05, 4.69) is 24.3 Å². The van der Waals surface area contributed by atoms with Crippen LogP contribution in [0, 0.1) is 0 Å². The largest absolute Gasteiger partial charge is 0.370 e. The Morgan fingerprint density at radius 1 is 1.73 bits per heavy atom. The molecule has 0 aromatic carbocycles. The van der Waals surface area contributed by atoms with Crippen molar-refractivity contribution >= 4 is 11.7 Å². The number of rotatable bonds is 6. The van der Waals surface area contributed by atoms with E-state index in [4.69, 9.17) is 5.73 Å². The number of nitrogens with zero attached hydrogens (tertiary/aromatic N) is 2. The molecule has 3 N–H and O–H groups in total. The molecule has 0 saturated carbocycles. The zero-order valence-corrected chi connectivity index (χ0v) is 9.23. The first-order chi connectivity index (χ1) is 7.11. The van der Waals surface area contributed by atoms with E-state index in [0.717, 1.165) is 12.2 Å². The third-order valence-electron chi connectivity index (χ3n) is 2.23. The second-order valence-corrected chi connectivity index (χ2v) is 3.63. The van der Waals surface area contributed by atoms with Gasteiger partial charge in [0.1, 0.15) is 5.82 Å². The predicted molar refractivity (Wildman–Crippen MR) is 59.4 cm³/mol. The van der Waals surface area contributed by atoms with Crippen LogP contribution in [0.3, 0.4) is 0 Å². The van der Waals surface area contributed by atoms with Gasteiger partial charge in [-0.2, -0.15) is 5.10 Å². The van der Waals surface area contributed by atoms with Crippen LogP contribution in [0.1, 0.15) is 26.7 Å². The van der Waals surface area contributed by atoms with Gasteiger partial charge in [-0.3, -0.25) is 9.48 Å². The lowest BCUT2D eigenvalue weighted by Crippen LogP contribution is -2.15. The minimum Gasteiger partial charge on any atom is -0.370 e. The number of hydrogen-bond donors (Lipinski definition) is 2. The number of nitrogens with one attached hydrogen (secondary N) is 1. The number of anilines is 1. The zero-order valence-electron chi connectivity index (χ0n) is 9.23. The first-order valence-corrected chi connectivity index (χ1v) is 5.20. The second-order valence-electron chi connectivity index (χ2n) is 3.63. The molecule has 0 bridgehead atoms. The minimum atomic E-state index is -0.304. The molecule has 0 spiro atoms. The van der Waals surface area contributed by atoms with Crippen molar-refractivity contribution in [2.75, 3.05) is 5.32 Å².